The van der Waals surface area contributed by atoms with E-state index in [1.165, 1.54) is 12.2 Å². The Kier molecular flexibility index (Phi) is 32.9. The largest absolute Gasteiger partial charge is 0.443 e. The Balaban J connectivity index is 1.80. The second-order valence-electron chi connectivity index (χ2n) is 18.7. The topological polar surface area (TPSA) is 303 Å². The highest BCUT2D eigenvalue weighted by Gasteiger charge is 2.29. The van der Waals surface area contributed by atoms with Gasteiger partial charge in [-0.2, -0.15) is 0 Å². The predicted octanol–water partition coefficient (Wildman–Crippen LogP) is 6.58. The number of carbonyl (C=O) groups is 10. The van der Waals surface area contributed by atoms with Crippen molar-refractivity contribution in [1.29, 1.82) is 0 Å². The van der Waals surface area contributed by atoms with E-state index in [4.69, 9.17) is 15.2 Å². The highest BCUT2D eigenvalue weighted by Crippen LogP contribution is 2.21. The Labute approximate surface area is 442 Å². The van der Waals surface area contributed by atoms with Crippen LogP contribution in [0.2, 0.25) is 0 Å². The van der Waals surface area contributed by atoms with E-state index in [0.29, 0.717) is 30.5 Å². The molecular weight excluding hydrogens is 967 g/mol. The summed E-state index contributed by atoms with van der Waals surface area (Å²) >= 11 is 0. The van der Waals surface area contributed by atoms with Gasteiger partial charge in [-0.15, -0.1) is 0 Å². The molecule has 9 N–H and O–H groups in total. The van der Waals surface area contributed by atoms with Crippen LogP contribution >= 0.6 is 0 Å². The zero-order valence-corrected chi connectivity index (χ0v) is 44.5. The van der Waals surface area contributed by atoms with E-state index in [1.807, 2.05) is 0 Å². The fourth-order valence-electron chi connectivity index (χ4n) is 7.78. The van der Waals surface area contributed by atoms with Crippen molar-refractivity contribution in [3.63, 3.8) is 0 Å². The summed E-state index contributed by atoms with van der Waals surface area (Å²) in [6, 6.07) is 3.41. The van der Waals surface area contributed by atoms with Crippen LogP contribution in [0.25, 0.3) is 0 Å². The summed E-state index contributed by atoms with van der Waals surface area (Å²) in [5.41, 5.74) is 10.2. The van der Waals surface area contributed by atoms with Crippen LogP contribution in [0.15, 0.2) is 60.7 Å². The third kappa shape index (κ3) is 29.4. The highest BCUT2D eigenvalue weighted by atomic mass is 16.6. The second kappa shape index (κ2) is 38.5. The first-order chi connectivity index (χ1) is 36.0. The molecule has 3 atom stereocenters. The molecule has 21 nitrogen and oxygen atoms in total. The van der Waals surface area contributed by atoms with Gasteiger partial charge in [0.05, 0.1) is 0 Å². The molecule has 0 saturated heterocycles. The number of hydrogen-bond donors (Lipinski definition) is 8. The number of unbranched alkanes of at least 4 members (excludes halogenated alkanes) is 9. The number of benzene rings is 1. The molecule has 21 heteroatoms. The first kappa shape index (κ1) is 64.1. The van der Waals surface area contributed by atoms with Gasteiger partial charge in [0.25, 0.3) is 17.7 Å². The number of nitrogens with two attached hydrogens (primary N) is 1. The van der Waals surface area contributed by atoms with Gasteiger partial charge in [0, 0.05) is 43.3 Å². The van der Waals surface area contributed by atoms with Gasteiger partial charge in [-0.1, -0.05) is 115 Å². The number of amides is 10. The van der Waals surface area contributed by atoms with Gasteiger partial charge in [-0.3, -0.25) is 43.9 Å². The minimum atomic E-state index is -1.09. The van der Waals surface area contributed by atoms with E-state index >= 15 is 0 Å². The second-order valence-corrected chi connectivity index (χ2v) is 18.7. The molecule has 1 aliphatic heterocycles. The monoisotopic (exact) mass is 1050 g/mol. The molecule has 0 radical (unpaired) electrons. The fraction of sp³-hybridized carbons (Fsp3) is 0.593. The van der Waals surface area contributed by atoms with E-state index in [-0.39, 0.29) is 74.3 Å². The van der Waals surface area contributed by atoms with Gasteiger partial charge in [-0.05, 0) is 87.8 Å². The van der Waals surface area contributed by atoms with Gasteiger partial charge in [0.1, 0.15) is 25.2 Å². The molecule has 0 bridgehead atoms. The highest BCUT2D eigenvalue weighted by molar-refractivity contribution is 6.12. The van der Waals surface area contributed by atoms with Crippen molar-refractivity contribution in [2.24, 2.45) is 17.6 Å². The molecule has 2 rings (SSSR count). The van der Waals surface area contributed by atoms with Crippen LogP contribution in [0.3, 0.4) is 0 Å². The van der Waals surface area contributed by atoms with Crippen molar-refractivity contribution in [3.8, 4) is 0 Å². The lowest BCUT2D eigenvalue weighted by atomic mass is 9.91. The quantitative estimate of drug-likeness (QED) is 0.0151. The van der Waals surface area contributed by atoms with Gasteiger partial charge >= 0.3 is 18.2 Å². The summed E-state index contributed by atoms with van der Waals surface area (Å²) < 4.78 is 10.3. The molecule has 0 aliphatic carbocycles. The minimum Gasteiger partial charge on any atom is -0.443 e. The van der Waals surface area contributed by atoms with E-state index in [9.17, 15) is 47.9 Å². The summed E-state index contributed by atoms with van der Waals surface area (Å²) in [4.78, 5) is 126. The molecule has 0 fully saturated rings. The van der Waals surface area contributed by atoms with Gasteiger partial charge in [-0.25, -0.2) is 19.8 Å². The van der Waals surface area contributed by atoms with Crippen LogP contribution in [0, 0.1) is 11.8 Å². The molecule has 1 aliphatic rings. The van der Waals surface area contributed by atoms with E-state index in [2.05, 4.69) is 75.6 Å². The normalized spacial score (nSPS) is 13.3. The number of hydrogen-bond acceptors (Lipinski definition) is 12. The number of nitrogens with one attached hydrogen (secondary N) is 7. The first-order valence-electron chi connectivity index (χ1n) is 26.6. The third-order valence-electron chi connectivity index (χ3n) is 12.1. The lowest BCUT2D eigenvalue weighted by molar-refractivity contribution is -0.137. The Morgan fingerprint density at radius 1 is 0.667 bits per heavy atom. The van der Waals surface area contributed by atoms with Crippen molar-refractivity contribution in [1.82, 2.24) is 37.0 Å². The molecule has 75 heavy (non-hydrogen) atoms. The number of ether oxygens (including phenoxy) is 2. The molecule has 0 saturated carbocycles. The summed E-state index contributed by atoms with van der Waals surface area (Å²) in [6.45, 7) is 6.94. The van der Waals surface area contributed by atoms with Crippen molar-refractivity contribution in [2.45, 2.75) is 168 Å². The smallest absolute Gasteiger partial charge is 0.426 e. The number of carbonyl (C=O) groups excluding carboxylic acids is 10. The number of primary amides is 1. The predicted molar refractivity (Wildman–Crippen MR) is 284 cm³/mol. The maximum absolute atomic E-state index is 13.5. The number of allylic oxidation sites excluding steroid dienone is 4. The maximum Gasteiger partial charge on any atom is 0.426 e. The van der Waals surface area contributed by atoms with Gasteiger partial charge < -0.3 is 41.8 Å². The number of nitrogens with zero attached hydrogens (tertiary/aromatic N) is 1. The lowest BCUT2D eigenvalue weighted by Gasteiger charge is -2.25. The first-order valence-corrected chi connectivity index (χ1v) is 26.6. The van der Waals surface area contributed by atoms with Crippen LogP contribution in [0.1, 0.15) is 155 Å². The van der Waals surface area contributed by atoms with Crippen molar-refractivity contribution >= 4 is 65.1 Å². The Hall–Kier alpha value is -7.06. The number of rotatable bonds is 38. The fourth-order valence-corrected chi connectivity index (χ4v) is 7.78. The molecule has 1 aromatic carbocycles. The summed E-state index contributed by atoms with van der Waals surface area (Å²) in [5, 5.41) is 12.9. The summed E-state index contributed by atoms with van der Waals surface area (Å²) in [6.07, 6.45) is 23.9. The molecule has 1 aromatic rings. The van der Waals surface area contributed by atoms with E-state index < -0.39 is 61.2 Å². The number of ketones is 1. The molecule has 0 spiro atoms. The summed E-state index contributed by atoms with van der Waals surface area (Å²) in [5.74, 6) is -3.79. The average molecular weight is 1050 g/mol. The molecule has 0 aromatic heterocycles. The Morgan fingerprint density at radius 3 is 2.00 bits per heavy atom. The zero-order valence-electron chi connectivity index (χ0n) is 44.5. The van der Waals surface area contributed by atoms with Crippen LogP contribution in [0.5, 0.6) is 0 Å². The molecule has 416 valence electrons. The number of alkyl carbamates (subject to hydrolysis) is 1. The number of anilines is 1. The van der Waals surface area contributed by atoms with Crippen LogP contribution in [-0.4, -0.2) is 103 Å². The van der Waals surface area contributed by atoms with E-state index in [0.717, 1.165) is 88.4 Å². The zero-order chi connectivity index (χ0) is 55.2. The Morgan fingerprint density at radius 2 is 1.33 bits per heavy atom. The molecular formula is C54H83N9O12. The van der Waals surface area contributed by atoms with Crippen LogP contribution < -0.4 is 43.2 Å². The third-order valence-corrected chi connectivity index (χ3v) is 12.1. The van der Waals surface area contributed by atoms with Crippen molar-refractivity contribution in [3.05, 3.63) is 66.3 Å². The minimum absolute atomic E-state index is 0.0991. The van der Waals surface area contributed by atoms with Gasteiger partial charge in [0.2, 0.25) is 17.7 Å². The van der Waals surface area contributed by atoms with Crippen molar-refractivity contribution in [2.75, 3.05) is 31.6 Å². The number of Topliss-reactive ketones (excluding diaryl/α,β-unsaturated/α-hetero) is 1. The average Bonchev–Trinajstić information content (AvgIpc) is 3.70. The summed E-state index contributed by atoms with van der Waals surface area (Å²) in [7, 11) is 0. The van der Waals surface area contributed by atoms with E-state index in [1.54, 1.807) is 38.1 Å². The molecule has 10 amide bonds. The lowest BCUT2D eigenvalue weighted by Crippen LogP contribution is -2.54. The SMILES string of the molecule is CCC=CCC=CCCCCCC(CCCCCCC)C(=O)COC(=O)NCC(=O)NNC(=O)OCc1ccc(NC(=O)[C@H](CCCNC(N)=O)NC(=O)[C@@H](NC(=O)CCCCCN2C(=O)C=CC2=O)C(C)C)cc1. The van der Waals surface area contributed by atoms with Gasteiger partial charge in [0.15, 0.2) is 12.4 Å². The van der Waals surface area contributed by atoms with Crippen molar-refractivity contribution < 1.29 is 57.4 Å². The molecule has 1 unspecified atom stereocenters. The Bertz CT molecular complexity index is 2060. The van der Waals surface area contributed by atoms with Crippen LogP contribution in [-0.2, 0) is 49.6 Å². The number of urea groups is 1. The maximum atomic E-state index is 13.5. The van der Waals surface area contributed by atoms with Crippen LogP contribution in [0.4, 0.5) is 20.1 Å². The number of hydrazine groups is 1. The standard InChI is InChI=1S/C54H83N9O12/c1-5-7-9-11-12-13-14-15-17-20-25-41(24-19-16-10-8-6-2)44(64)38-75-53(72)57-36-46(66)61-62-54(73)74-37-40-28-30-42(31-29-40)58-50(69)43(26-23-34-56-52(55)71)59-51(70)49(39(3)4)60-45(65)27-21-18-22-35-63-47(67)32-33-48(63)68/h7,9,12-13,28-33,39,41,43,49H,5-6,8,10-11,14-27,34-38H2,1-4H3,(H,57,72)(H,58,69)(H,59,70)(H,60,65)(H,61,66)(H,62,73)(H3,55,56,71)/t41?,43-,49-/m0/s1. The molecule has 1 heterocycles. The number of imide groups is 1.